The Labute approximate surface area is 164 Å². The molecule has 2 aromatic carbocycles. The van der Waals surface area contributed by atoms with Crippen LogP contribution in [0.5, 0.6) is 17.2 Å². The highest BCUT2D eigenvalue weighted by molar-refractivity contribution is 6.10. The van der Waals surface area contributed by atoms with Gasteiger partial charge in [-0.1, -0.05) is 24.3 Å². The van der Waals surface area contributed by atoms with Crippen LogP contribution in [0.1, 0.15) is 16.1 Å². The minimum atomic E-state index is -0.0576. The van der Waals surface area contributed by atoms with Crippen molar-refractivity contribution < 1.29 is 19.0 Å². The monoisotopic (exact) mass is 380 g/mol. The Morgan fingerprint density at radius 2 is 1.86 bits per heavy atom. The van der Waals surface area contributed by atoms with E-state index in [1.807, 2.05) is 24.3 Å². The van der Waals surface area contributed by atoms with Gasteiger partial charge in [0.15, 0.2) is 18.1 Å². The zero-order chi connectivity index (χ0) is 19.5. The number of carbonyl (C=O) groups is 1. The molecule has 1 aliphatic heterocycles. The smallest absolute Gasteiger partial charge is 0.203 e. The number of carbonyl (C=O) groups excluding carboxylic acids is 1. The predicted octanol–water partition coefficient (Wildman–Crippen LogP) is 3.07. The average molecular weight is 380 g/mol. The molecule has 146 valence electrons. The molecule has 1 aliphatic rings. The predicted molar refractivity (Wildman–Crippen MR) is 108 cm³/mol. The first kappa shape index (κ1) is 18.4. The molecule has 0 aliphatic carbocycles. The molecule has 0 atom stereocenters. The van der Waals surface area contributed by atoms with Crippen LogP contribution in [-0.4, -0.2) is 44.3 Å². The van der Waals surface area contributed by atoms with Crippen molar-refractivity contribution in [2.45, 2.75) is 13.0 Å². The van der Waals surface area contributed by atoms with Gasteiger partial charge in [0.25, 0.3) is 0 Å². The quantitative estimate of drug-likeness (QED) is 0.666. The summed E-state index contributed by atoms with van der Waals surface area (Å²) in [6.45, 7) is 2.56. The van der Waals surface area contributed by atoms with Crippen LogP contribution >= 0.6 is 0 Å². The van der Waals surface area contributed by atoms with E-state index in [-0.39, 0.29) is 12.4 Å². The molecule has 6 nitrogen and oxygen atoms in total. The molecule has 28 heavy (non-hydrogen) atoms. The zero-order valence-corrected chi connectivity index (χ0v) is 16.2. The fourth-order valence-electron chi connectivity index (χ4n) is 3.89. The van der Waals surface area contributed by atoms with Crippen molar-refractivity contribution in [3.8, 4) is 17.2 Å². The standard InChI is InChI=1S/C22H24N2O4/c1-26-19-8-5-9-20(22(19)27-2)28-14-18(25)21-15-6-3-4-7-16(15)24-13-12-23-11-10-17(21)24/h3-9,23H,10-14H2,1-2H3. The van der Waals surface area contributed by atoms with E-state index in [1.54, 1.807) is 26.4 Å². The zero-order valence-electron chi connectivity index (χ0n) is 16.2. The number of rotatable bonds is 6. The van der Waals surface area contributed by atoms with Crippen LogP contribution in [-0.2, 0) is 13.0 Å². The highest BCUT2D eigenvalue weighted by Crippen LogP contribution is 2.37. The van der Waals surface area contributed by atoms with Crippen molar-refractivity contribution >= 4 is 16.7 Å². The molecule has 0 spiro atoms. The van der Waals surface area contributed by atoms with Gasteiger partial charge in [-0.15, -0.1) is 0 Å². The lowest BCUT2D eigenvalue weighted by Gasteiger charge is -2.13. The van der Waals surface area contributed by atoms with Gasteiger partial charge in [0, 0.05) is 42.7 Å². The molecule has 0 unspecified atom stereocenters. The lowest BCUT2D eigenvalue weighted by atomic mass is 10.1. The van der Waals surface area contributed by atoms with Crippen molar-refractivity contribution in [2.24, 2.45) is 0 Å². The second kappa shape index (κ2) is 7.94. The molecule has 0 radical (unpaired) electrons. The summed E-state index contributed by atoms with van der Waals surface area (Å²) in [5, 5.41) is 4.39. The van der Waals surface area contributed by atoms with Gasteiger partial charge in [-0.2, -0.15) is 0 Å². The number of Topliss-reactive ketones (excluding diaryl/α,β-unsaturated/α-hetero) is 1. The van der Waals surface area contributed by atoms with Crippen molar-refractivity contribution in [1.29, 1.82) is 0 Å². The molecule has 6 heteroatoms. The molecule has 0 bridgehead atoms. The van der Waals surface area contributed by atoms with Gasteiger partial charge in [0.2, 0.25) is 11.5 Å². The number of ether oxygens (including phenoxy) is 3. The summed E-state index contributed by atoms with van der Waals surface area (Å²) >= 11 is 0. The number of hydrogen-bond acceptors (Lipinski definition) is 5. The third kappa shape index (κ3) is 3.20. The lowest BCUT2D eigenvalue weighted by molar-refractivity contribution is 0.0919. The largest absolute Gasteiger partial charge is 0.493 e. The molecule has 2 heterocycles. The SMILES string of the molecule is COc1cccc(OCC(=O)c2c3n(c4ccccc24)CCNCC3)c1OC. The van der Waals surface area contributed by atoms with E-state index in [2.05, 4.69) is 16.0 Å². The molecular weight excluding hydrogens is 356 g/mol. The highest BCUT2D eigenvalue weighted by Gasteiger charge is 2.24. The maximum Gasteiger partial charge on any atom is 0.203 e. The first-order valence-corrected chi connectivity index (χ1v) is 9.42. The van der Waals surface area contributed by atoms with Crippen LogP contribution < -0.4 is 19.5 Å². The average Bonchev–Trinajstić information content (AvgIpc) is 2.87. The van der Waals surface area contributed by atoms with Gasteiger partial charge < -0.3 is 24.1 Å². The van der Waals surface area contributed by atoms with Crippen LogP contribution in [0.4, 0.5) is 0 Å². The number of fused-ring (bicyclic) bond motifs is 3. The van der Waals surface area contributed by atoms with Gasteiger partial charge >= 0.3 is 0 Å². The van der Waals surface area contributed by atoms with Crippen LogP contribution in [0, 0.1) is 0 Å². The summed E-state index contributed by atoms with van der Waals surface area (Å²) in [6, 6.07) is 13.5. The van der Waals surface area contributed by atoms with Crippen LogP contribution in [0.25, 0.3) is 10.9 Å². The van der Waals surface area contributed by atoms with Gasteiger partial charge in [0.1, 0.15) is 0 Å². The van der Waals surface area contributed by atoms with Gasteiger partial charge in [-0.25, -0.2) is 0 Å². The molecule has 0 saturated heterocycles. The summed E-state index contributed by atoms with van der Waals surface area (Å²) in [5.74, 6) is 1.52. The summed E-state index contributed by atoms with van der Waals surface area (Å²) in [6.07, 6.45) is 0.818. The Hall–Kier alpha value is -2.99. The van der Waals surface area contributed by atoms with Crippen LogP contribution in [0.3, 0.4) is 0 Å². The lowest BCUT2D eigenvalue weighted by Crippen LogP contribution is -2.18. The van der Waals surface area contributed by atoms with E-state index in [0.717, 1.165) is 48.2 Å². The topological polar surface area (TPSA) is 61.7 Å². The number of hydrogen-bond donors (Lipinski definition) is 1. The summed E-state index contributed by atoms with van der Waals surface area (Å²) in [7, 11) is 3.13. The minimum absolute atomic E-state index is 0.0308. The van der Waals surface area contributed by atoms with Crippen LogP contribution in [0.2, 0.25) is 0 Å². The third-order valence-corrected chi connectivity index (χ3v) is 5.13. The van der Waals surface area contributed by atoms with E-state index in [4.69, 9.17) is 14.2 Å². The number of para-hydroxylation sites is 2. The Balaban J connectivity index is 1.66. The van der Waals surface area contributed by atoms with Crippen molar-refractivity contribution in [2.75, 3.05) is 33.9 Å². The van der Waals surface area contributed by atoms with Gasteiger partial charge in [0.05, 0.1) is 19.8 Å². The second-order valence-corrected chi connectivity index (χ2v) is 6.69. The second-order valence-electron chi connectivity index (χ2n) is 6.69. The highest BCUT2D eigenvalue weighted by atomic mass is 16.5. The molecule has 0 saturated carbocycles. The maximum absolute atomic E-state index is 13.2. The van der Waals surface area contributed by atoms with Crippen LogP contribution in [0.15, 0.2) is 42.5 Å². The molecule has 1 aromatic heterocycles. The Morgan fingerprint density at radius 1 is 1.04 bits per heavy atom. The molecule has 4 rings (SSSR count). The number of benzene rings is 2. The first-order valence-electron chi connectivity index (χ1n) is 9.42. The Kier molecular flexibility index (Phi) is 5.21. The maximum atomic E-state index is 13.2. The van der Waals surface area contributed by atoms with Crippen molar-refractivity contribution in [3.05, 3.63) is 53.7 Å². The molecule has 0 amide bonds. The fraction of sp³-hybridized carbons (Fsp3) is 0.318. The summed E-state index contributed by atoms with van der Waals surface area (Å²) < 4.78 is 18.8. The summed E-state index contributed by atoms with van der Waals surface area (Å²) in [4.78, 5) is 13.2. The van der Waals surface area contributed by atoms with E-state index in [9.17, 15) is 4.79 Å². The van der Waals surface area contributed by atoms with E-state index < -0.39 is 0 Å². The first-order chi connectivity index (χ1) is 13.7. The fourth-order valence-corrected chi connectivity index (χ4v) is 3.89. The number of aromatic nitrogens is 1. The van der Waals surface area contributed by atoms with Gasteiger partial charge in [-0.3, -0.25) is 4.79 Å². The van der Waals surface area contributed by atoms with Crippen molar-refractivity contribution in [1.82, 2.24) is 9.88 Å². The van der Waals surface area contributed by atoms with E-state index >= 15 is 0 Å². The number of nitrogens with one attached hydrogen (secondary N) is 1. The molecule has 0 fully saturated rings. The number of methoxy groups -OCH3 is 2. The van der Waals surface area contributed by atoms with E-state index in [1.165, 1.54) is 0 Å². The summed E-state index contributed by atoms with van der Waals surface area (Å²) in [5.41, 5.74) is 2.95. The third-order valence-electron chi connectivity index (χ3n) is 5.13. The Morgan fingerprint density at radius 3 is 2.68 bits per heavy atom. The van der Waals surface area contributed by atoms with Gasteiger partial charge in [-0.05, 0) is 18.2 Å². The van der Waals surface area contributed by atoms with E-state index in [0.29, 0.717) is 17.2 Å². The number of nitrogens with zero attached hydrogens (tertiary/aromatic N) is 1. The normalized spacial score (nSPS) is 13.6. The molecular formula is C22H24N2O4. The molecule has 3 aromatic rings. The number of ketones is 1. The molecule has 1 N–H and O–H groups in total. The Bertz CT molecular complexity index is 1010. The van der Waals surface area contributed by atoms with Crippen molar-refractivity contribution in [3.63, 3.8) is 0 Å². The minimum Gasteiger partial charge on any atom is -0.493 e.